The van der Waals surface area contributed by atoms with Crippen molar-refractivity contribution in [3.63, 3.8) is 0 Å². The summed E-state index contributed by atoms with van der Waals surface area (Å²) in [6, 6.07) is 0. The Morgan fingerprint density at radius 1 is 1.05 bits per heavy atom. The third kappa shape index (κ3) is 6.29. The second-order valence-electron chi connectivity index (χ2n) is 5.96. The molecule has 5 nitrogen and oxygen atoms in total. The SMILES string of the molecule is CCCNc1ncnc(NCCOCC(C)C)c1C(C)C. The maximum absolute atomic E-state index is 5.59. The van der Waals surface area contributed by atoms with Gasteiger partial charge >= 0.3 is 0 Å². The Morgan fingerprint density at radius 2 is 1.67 bits per heavy atom. The molecule has 0 unspecified atom stereocenters. The lowest BCUT2D eigenvalue weighted by Gasteiger charge is -2.17. The van der Waals surface area contributed by atoms with E-state index in [4.69, 9.17) is 4.74 Å². The molecule has 0 aromatic carbocycles. The van der Waals surface area contributed by atoms with Gasteiger partial charge in [0.2, 0.25) is 0 Å². The van der Waals surface area contributed by atoms with Crippen LogP contribution in [0.2, 0.25) is 0 Å². The first-order valence-electron chi connectivity index (χ1n) is 7.96. The van der Waals surface area contributed by atoms with E-state index in [0.717, 1.165) is 43.3 Å². The molecule has 0 aliphatic rings. The summed E-state index contributed by atoms with van der Waals surface area (Å²) in [7, 11) is 0. The molecular weight excluding hydrogens is 264 g/mol. The van der Waals surface area contributed by atoms with Crippen LogP contribution in [-0.2, 0) is 4.74 Å². The minimum Gasteiger partial charge on any atom is -0.379 e. The van der Waals surface area contributed by atoms with Gasteiger partial charge in [0.15, 0.2) is 0 Å². The Labute approximate surface area is 128 Å². The smallest absolute Gasteiger partial charge is 0.135 e. The standard InChI is InChI=1S/C16H30N4O/c1-6-7-17-15-14(13(4)5)16(20-11-19-15)18-8-9-21-10-12(2)3/h11-13H,6-10H2,1-5H3,(H2,17,18,19,20). The lowest BCUT2D eigenvalue weighted by Crippen LogP contribution is -2.16. The van der Waals surface area contributed by atoms with Crippen molar-refractivity contribution in [1.82, 2.24) is 9.97 Å². The van der Waals surface area contributed by atoms with Crippen molar-refractivity contribution in [2.45, 2.75) is 47.0 Å². The van der Waals surface area contributed by atoms with Crippen LogP contribution in [0.1, 0.15) is 52.5 Å². The van der Waals surface area contributed by atoms with E-state index in [1.165, 1.54) is 0 Å². The van der Waals surface area contributed by atoms with Gasteiger partial charge in [0.25, 0.3) is 0 Å². The maximum Gasteiger partial charge on any atom is 0.135 e. The molecule has 1 aromatic rings. The summed E-state index contributed by atoms with van der Waals surface area (Å²) in [6.45, 7) is 14.0. The van der Waals surface area contributed by atoms with Gasteiger partial charge in [-0.3, -0.25) is 0 Å². The molecule has 0 atom stereocenters. The normalized spacial score (nSPS) is 11.2. The number of nitrogens with one attached hydrogen (secondary N) is 2. The highest BCUT2D eigenvalue weighted by atomic mass is 16.5. The molecule has 0 amide bonds. The number of anilines is 2. The van der Waals surface area contributed by atoms with Crippen molar-refractivity contribution in [3.05, 3.63) is 11.9 Å². The molecule has 120 valence electrons. The van der Waals surface area contributed by atoms with Crippen LogP contribution >= 0.6 is 0 Å². The first-order chi connectivity index (χ1) is 10.1. The Balaban J connectivity index is 2.63. The average Bonchev–Trinajstić information content (AvgIpc) is 2.44. The van der Waals surface area contributed by atoms with Crippen LogP contribution in [0.15, 0.2) is 6.33 Å². The molecule has 0 aliphatic carbocycles. The van der Waals surface area contributed by atoms with E-state index in [-0.39, 0.29) is 0 Å². The Morgan fingerprint density at radius 3 is 2.19 bits per heavy atom. The van der Waals surface area contributed by atoms with E-state index in [9.17, 15) is 0 Å². The molecule has 0 fully saturated rings. The van der Waals surface area contributed by atoms with E-state index in [2.05, 4.69) is 55.2 Å². The van der Waals surface area contributed by atoms with Crippen molar-refractivity contribution in [2.75, 3.05) is 36.9 Å². The van der Waals surface area contributed by atoms with E-state index in [0.29, 0.717) is 18.4 Å². The number of hydrogen-bond donors (Lipinski definition) is 2. The monoisotopic (exact) mass is 294 g/mol. The van der Waals surface area contributed by atoms with Gasteiger partial charge in [-0.05, 0) is 18.3 Å². The van der Waals surface area contributed by atoms with Crippen LogP contribution < -0.4 is 10.6 Å². The van der Waals surface area contributed by atoms with Gasteiger partial charge in [-0.15, -0.1) is 0 Å². The van der Waals surface area contributed by atoms with E-state index in [1.54, 1.807) is 6.33 Å². The zero-order valence-electron chi connectivity index (χ0n) is 14.1. The second kappa shape index (κ2) is 9.55. The fourth-order valence-corrected chi connectivity index (χ4v) is 2.03. The molecule has 2 N–H and O–H groups in total. The van der Waals surface area contributed by atoms with Gasteiger partial charge in [0.1, 0.15) is 18.0 Å². The molecule has 0 saturated heterocycles. The fourth-order valence-electron chi connectivity index (χ4n) is 2.03. The van der Waals surface area contributed by atoms with E-state index >= 15 is 0 Å². The number of rotatable bonds is 10. The molecule has 1 rings (SSSR count). The van der Waals surface area contributed by atoms with Crippen LogP contribution in [0.5, 0.6) is 0 Å². The lowest BCUT2D eigenvalue weighted by molar-refractivity contribution is 0.118. The third-order valence-corrected chi connectivity index (χ3v) is 2.99. The highest BCUT2D eigenvalue weighted by molar-refractivity contribution is 5.58. The molecule has 5 heteroatoms. The molecule has 0 saturated carbocycles. The number of aromatic nitrogens is 2. The summed E-state index contributed by atoms with van der Waals surface area (Å²) in [4.78, 5) is 8.76. The molecule has 0 aliphatic heterocycles. The topological polar surface area (TPSA) is 59.1 Å². The summed E-state index contributed by atoms with van der Waals surface area (Å²) in [5.41, 5.74) is 1.15. The van der Waals surface area contributed by atoms with Crippen molar-refractivity contribution in [3.8, 4) is 0 Å². The molecule has 1 heterocycles. The highest BCUT2D eigenvalue weighted by Gasteiger charge is 2.14. The van der Waals surface area contributed by atoms with Gasteiger partial charge in [-0.25, -0.2) is 9.97 Å². The summed E-state index contributed by atoms with van der Waals surface area (Å²) in [5.74, 6) is 2.78. The first kappa shape index (κ1) is 17.7. The molecule has 21 heavy (non-hydrogen) atoms. The van der Waals surface area contributed by atoms with Gasteiger partial charge in [-0.1, -0.05) is 34.6 Å². The predicted molar refractivity (Wildman–Crippen MR) is 89.0 cm³/mol. The Bertz CT molecular complexity index is 407. The van der Waals surface area contributed by atoms with Crippen molar-refractivity contribution < 1.29 is 4.74 Å². The van der Waals surface area contributed by atoms with Crippen molar-refractivity contribution >= 4 is 11.6 Å². The largest absolute Gasteiger partial charge is 0.379 e. The Hall–Kier alpha value is -1.36. The summed E-state index contributed by atoms with van der Waals surface area (Å²) < 4.78 is 5.59. The number of nitrogens with zero attached hydrogens (tertiary/aromatic N) is 2. The summed E-state index contributed by atoms with van der Waals surface area (Å²) >= 11 is 0. The second-order valence-corrected chi connectivity index (χ2v) is 5.96. The molecule has 0 bridgehead atoms. The minimum absolute atomic E-state index is 0.365. The summed E-state index contributed by atoms with van der Waals surface area (Å²) in [5, 5.41) is 6.75. The number of hydrogen-bond acceptors (Lipinski definition) is 5. The zero-order valence-corrected chi connectivity index (χ0v) is 14.1. The van der Waals surface area contributed by atoms with Gasteiger partial charge in [0.05, 0.1) is 6.61 Å². The summed E-state index contributed by atoms with van der Waals surface area (Å²) in [6.07, 6.45) is 2.69. The quantitative estimate of drug-likeness (QED) is 0.647. The Kier molecular flexibility index (Phi) is 8.05. The first-order valence-corrected chi connectivity index (χ1v) is 7.96. The van der Waals surface area contributed by atoms with Crippen molar-refractivity contribution in [2.24, 2.45) is 5.92 Å². The predicted octanol–water partition coefficient (Wildman–Crippen LogP) is 3.51. The van der Waals surface area contributed by atoms with Crippen LogP contribution in [0.4, 0.5) is 11.6 Å². The van der Waals surface area contributed by atoms with Crippen LogP contribution in [0.25, 0.3) is 0 Å². The molecule has 0 radical (unpaired) electrons. The molecule has 0 spiro atoms. The minimum atomic E-state index is 0.365. The number of ether oxygens (including phenoxy) is 1. The van der Waals surface area contributed by atoms with Crippen molar-refractivity contribution in [1.29, 1.82) is 0 Å². The fraction of sp³-hybridized carbons (Fsp3) is 0.750. The van der Waals surface area contributed by atoms with E-state index in [1.807, 2.05) is 0 Å². The molecular formula is C16H30N4O. The zero-order chi connectivity index (χ0) is 15.7. The van der Waals surface area contributed by atoms with Gasteiger partial charge in [0, 0.05) is 25.3 Å². The van der Waals surface area contributed by atoms with Crippen LogP contribution in [-0.4, -0.2) is 36.3 Å². The maximum atomic E-state index is 5.59. The van der Waals surface area contributed by atoms with E-state index < -0.39 is 0 Å². The molecule has 1 aromatic heterocycles. The third-order valence-electron chi connectivity index (χ3n) is 2.99. The average molecular weight is 294 g/mol. The van der Waals surface area contributed by atoms with Gasteiger partial charge < -0.3 is 15.4 Å². The van der Waals surface area contributed by atoms with Crippen LogP contribution in [0, 0.1) is 5.92 Å². The van der Waals surface area contributed by atoms with Gasteiger partial charge in [-0.2, -0.15) is 0 Å². The highest BCUT2D eigenvalue weighted by Crippen LogP contribution is 2.28. The lowest BCUT2D eigenvalue weighted by atomic mass is 10.0. The van der Waals surface area contributed by atoms with Crippen LogP contribution in [0.3, 0.4) is 0 Å².